The quantitative estimate of drug-likeness (QED) is 0.864. The van der Waals surface area contributed by atoms with Crippen LogP contribution in [0.4, 0.5) is 5.69 Å². The molecular weight excluding hydrogens is 254 g/mol. The largest absolute Gasteiger partial charge is 0.376 e. The first-order valence-electron chi connectivity index (χ1n) is 6.99. The highest BCUT2D eigenvalue weighted by molar-refractivity contribution is 5.82. The molecule has 5 heteroatoms. The number of nitrogens with one attached hydrogen (secondary N) is 2. The molecule has 0 aromatic heterocycles. The van der Waals surface area contributed by atoms with Crippen LogP contribution in [0.5, 0.6) is 0 Å². The SMILES string of the molecule is CNC(=O)C1CCN(C(=O)CNc2ccccc2)CC1. The molecule has 1 heterocycles. The van der Waals surface area contributed by atoms with Crippen molar-refractivity contribution < 1.29 is 9.59 Å². The molecule has 2 N–H and O–H groups in total. The fraction of sp³-hybridized carbons (Fsp3) is 0.467. The molecule has 0 bridgehead atoms. The molecule has 0 unspecified atom stereocenters. The Morgan fingerprint density at radius 1 is 1.20 bits per heavy atom. The van der Waals surface area contributed by atoms with Crippen molar-refractivity contribution in [2.45, 2.75) is 12.8 Å². The monoisotopic (exact) mass is 275 g/mol. The Bertz CT molecular complexity index is 453. The van der Waals surface area contributed by atoms with E-state index in [0.29, 0.717) is 19.6 Å². The van der Waals surface area contributed by atoms with Gasteiger partial charge in [-0.25, -0.2) is 0 Å². The second kappa shape index (κ2) is 6.93. The number of likely N-dealkylation sites (tertiary alicyclic amines) is 1. The summed E-state index contributed by atoms with van der Waals surface area (Å²) in [4.78, 5) is 25.4. The van der Waals surface area contributed by atoms with E-state index in [-0.39, 0.29) is 17.7 Å². The van der Waals surface area contributed by atoms with Gasteiger partial charge in [0.25, 0.3) is 0 Å². The molecule has 5 nitrogen and oxygen atoms in total. The van der Waals surface area contributed by atoms with Gasteiger partial charge in [0, 0.05) is 31.7 Å². The summed E-state index contributed by atoms with van der Waals surface area (Å²) in [7, 11) is 1.66. The number of hydrogen-bond acceptors (Lipinski definition) is 3. The third-order valence-corrected chi connectivity index (χ3v) is 3.68. The van der Waals surface area contributed by atoms with E-state index < -0.39 is 0 Å². The van der Waals surface area contributed by atoms with Gasteiger partial charge < -0.3 is 15.5 Å². The van der Waals surface area contributed by atoms with Crippen LogP contribution in [0.25, 0.3) is 0 Å². The third kappa shape index (κ3) is 3.73. The second-order valence-electron chi connectivity index (χ2n) is 4.99. The van der Waals surface area contributed by atoms with Crippen molar-refractivity contribution in [3.63, 3.8) is 0 Å². The lowest BCUT2D eigenvalue weighted by molar-refractivity contribution is -0.134. The van der Waals surface area contributed by atoms with Crippen LogP contribution in [0, 0.1) is 5.92 Å². The number of piperidine rings is 1. The lowest BCUT2D eigenvalue weighted by atomic mass is 9.96. The standard InChI is InChI=1S/C15H21N3O2/c1-16-15(20)12-7-9-18(10-8-12)14(19)11-17-13-5-3-2-4-6-13/h2-6,12,17H,7-11H2,1H3,(H,16,20). The van der Waals surface area contributed by atoms with Crippen LogP contribution in [0.15, 0.2) is 30.3 Å². The van der Waals surface area contributed by atoms with E-state index in [1.165, 1.54) is 0 Å². The topological polar surface area (TPSA) is 61.4 Å². The van der Waals surface area contributed by atoms with Gasteiger partial charge in [0.15, 0.2) is 0 Å². The molecule has 1 aromatic carbocycles. The van der Waals surface area contributed by atoms with Gasteiger partial charge in [-0.1, -0.05) is 18.2 Å². The summed E-state index contributed by atoms with van der Waals surface area (Å²) in [6.07, 6.45) is 1.49. The summed E-state index contributed by atoms with van der Waals surface area (Å²) < 4.78 is 0. The molecule has 1 aliphatic rings. The summed E-state index contributed by atoms with van der Waals surface area (Å²) in [6, 6.07) is 9.68. The van der Waals surface area contributed by atoms with Gasteiger partial charge in [0.1, 0.15) is 0 Å². The van der Waals surface area contributed by atoms with Crippen molar-refractivity contribution in [3.05, 3.63) is 30.3 Å². The van der Waals surface area contributed by atoms with Crippen molar-refractivity contribution in [1.82, 2.24) is 10.2 Å². The Labute approximate surface area is 119 Å². The fourth-order valence-electron chi connectivity index (χ4n) is 2.44. The molecule has 1 aromatic rings. The van der Waals surface area contributed by atoms with Gasteiger partial charge in [-0.15, -0.1) is 0 Å². The van der Waals surface area contributed by atoms with Crippen LogP contribution in [0.1, 0.15) is 12.8 Å². The second-order valence-corrected chi connectivity index (χ2v) is 4.99. The normalized spacial score (nSPS) is 15.8. The predicted octanol–water partition coefficient (Wildman–Crippen LogP) is 1.08. The molecule has 2 rings (SSSR count). The molecule has 0 saturated carbocycles. The molecule has 2 amide bonds. The van der Waals surface area contributed by atoms with Crippen molar-refractivity contribution in [2.24, 2.45) is 5.92 Å². The number of para-hydroxylation sites is 1. The summed E-state index contributed by atoms with van der Waals surface area (Å²) in [6.45, 7) is 1.62. The van der Waals surface area contributed by atoms with Crippen LogP contribution >= 0.6 is 0 Å². The van der Waals surface area contributed by atoms with Gasteiger partial charge in [0.2, 0.25) is 11.8 Å². The Morgan fingerprint density at radius 2 is 1.85 bits per heavy atom. The van der Waals surface area contributed by atoms with Crippen molar-refractivity contribution in [2.75, 3.05) is 32.0 Å². The van der Waals surface area contributed by atoms with Crippen LogP contribution in [0.3, 0.4) is 0 Å². The van der Waals surface area contributed by atoms with E-state index in [4.69, 9.17) is 0 Å². The Balaban J connectivity index is 1.76. The minimum Gasteiger partial charge on any atom is -0.376 e. The van der Waals surface area contributed by atoms with Crippen LogP contribution < -0.4 is 10.6 Å². The van der Waals surface area contributed by atoms with Gasteiger partial charge in [-0.2, -0.15) is 0 Å². The Kier molecular flexibility index (Phi) is 4.98. The third-order valence-electron chi connectivity index (χ3n) is 3.68. The number of benzene rings is 1. The molecule has 1 saturated heterocycles. The predicted molar refractivity (Wildman–Crippen MR) is 78.3 cm³/mol. The maximum atomic E-state index is 12.1. The van der Waals surface area contributed by atoms with Gasteiger partial charge in [-0.3, -0.25) is 9.59 Å². The van der Waals surface area contributed by atoms with Crippen molar-refractivity contribution in [3.8, 4) is 0 Å². The van der Waals surface area contributed by atoms with E-state index >= 15 is 0 Å². The molecule has 0 atom stereocenters. The maximum absolute atomic E-state index is 12.1. The van der Waals surface area contributed by atoms with Gasteiger partial charge >= 0.3 is 0 Å². The van der Waals surface area contributed by atoms with E-state index in [1.54, 1.807) is 7.05 Å². The van der Waals surface area contributed by atoms with E-state index in [0.717, 1.165) is 18.5 Å². The van der Waals surface area contributed by atoms with Crippen LogP contribution in [0.2, 0.25) is 0 Å². The van der Waals surface area contributed by atoms with E-state index in [1.807, 2.05) is 35.2 Å². The zero-order chi connectivity index (χ0) is 14.4. The fourth-order valence-corrected chi connectivity index (χ4v) is 2.44. The lowest BCUT2D eigenvalue weighted by Crippen LogP contribution is -2.44. The Morgan fingerprint density at radius 3 is 2.45 bits per heavy atom. The number of rotatable bonds is 4. The van der Waals surface area contributed by atoms with E-state index in [9.17, 15) is 9.59 Å². The lowest BCUT2D eigenvalue weighted by Gasteiger charge is -2.31. The number of amides is 2. The summed E-state index contributed by atoms with van der Waals surface area (Å²) in [5.41, 5.74) is 0.945. The molecule has 0 radical (unpaired) electrons. The molecular formula is C15H21N3O2. The summed E-state index contributed by atoms with van der Waals surface area (Å²) in [5.74, 6) is 0.217. The number of anilines is 1. The van der Waals surface area contributed by atoms with E-state index in [2.05, 4.69) is 10.6 Å². The average Bonchev–Trinajstić information content (AvgIpc) is 2.53. The minimum absolute atomic E-state index is 0.0473. The summed E-state index contributed by atoms with van der Waals surface area (Å²) >= 11 is 0. The molecule has 0 aliphatic carbocycles. The van der Waals surface area contributed by atoms with Crippen LogP contribution in [-0.2, 0) is 9.59 Å². The van der Waals surface area contributed by atoms with Gasteiger partial charge in [0.05, 0.1) is 6.54 Å². The van der Waals surface area contributed by atoms with Crippen molar-refractivity contribution >= 4 is 17.5 Å². The molecule has 20 heavy (non-hydrogen) atoms. The molecule has 108 valence electrons. The first-order chi connectivity index (χ1) is 9.70. The van der Waals surface area contributed by atoms with Crippen LogP contribution in [-0.4, -0.2) is 43.4 Å². The summed E-state index contributed by atoms with van der Waals surface area (Å²) in [5, 5.41) is 5.79. The van der Waals surface area contributed by atoms with Crippen molar-refractivity contribution in [1.29, 1.82) is 0 Å². The first kappa shape index (κ1) is 14.4. The molecule has 0 spiro atoms. The number of hydrogen-bond donors (Lipinski definition) is 2. The molecule has 1 fully saturated rings. The number of nitrogens with zero attached hydrogens (tertiary/aromatic N) is 1. The maximum Gasteiger partial charge on any atom is 0.241 e. The smallest absolute Gasteiger partial charge is 0.241 e. The Hall–Kier alpha value is -2.04. The highest BCUT2D eigenvalue weighted by Gasteiger charge is 2.26. The first-order valence-corrected chi connectivity index (χ1v) is 6.99. The highest BCUT2D eigenvalue weighted by atomic mass is 16.2. The molecule has 1 aliphatic heterocycles. The van der Waals surface area contributed by atoms with Gasteiger partial charge in [-0.05, 0) is 25.0 Å². The number of carbonyl (C=O) groups is 2. The number of carbonyl (C=O) groups excluding carboxylic acids is 2. The zero-order valence-corrected chi connectivity index (χ0v) is 11.8. The zero-order valence-electron chi connectivity index (χ0n) is 11.8. The average molecular weight is 275 g/mol. The minimum atomic E-state index is 0.0473. The highest BCUT2D eigenvalue weighted by Crippen LogP contribution is 2.17.